The molecule has 0 spiro atoms. The smallest absolute Gasteiger partial charge is 0.274 e. The van der Waals surface area contributed by atoms with Gasteiger partial charge in [0.05, 0.1) is 11.4 Å². The molecule has 2 aliphatic carbocycles. The summed E-state index contributed by atoms with van der Waals surface area (Å²) >= 11 is 0. The van der Waals surface area contributed by atoms with Gasteiger partial charge in [-0.25, -0.2) is 0 Å². The normalized spacial score (nSPS) is 18.6. The molecular weight excluding hydrogens is 240 g/mol. The van der Waals surface area contributed by atoms with Crippen LogP contribution in [0, 0.1) is 5.92 Å². The minimum Gasteiger partial charge on any atom is -0.395 e. The maximum atomic E-state index is 12.7. The lowest BCUT2D eigenvalue weighted by Gasteiger charge is -2.22. The molecule has 1 aromatic rings. The summed E-state index contributed by atoms with van der Waals surface area (Å²) in [6.07, 6.45) is 5.56. The van der Waals surface area contributed by atoms with E-state index in [9.17, 15) is 4.79 Å². The van der Waals surface area contributed by atoms with Gasteiger partial charge >= 0.3 is 0 Å². The van der Waals surface area contributed by atoms with Crippen LogP contribution in [0.2, 0.25) is 0 Å². The monoisotopic (exact) mass is 262 g/mol. The standard InChI is InChI=1S/C14H22N4O/c1-3-11-12(15)13(17(2)16-11)14(19)18(10-6-7-10)8-9-4-5-9/h9-10H,3-8,15H2,1-2H3. The van der Waals surface area contributed by atoms with Gasteiger partial charge in [0, 0.05) is 19.6 Å². The third-order valence-electron chi connectivity index (χ3n) is 4.10. The average Bonchev–Trinajstić information content (AvgIpc) is 3.25. The van der Waals surface area contributed by atoms with E-state index in [4.69, 9.17) is 5.73 Å². The summed E-state index contributed by atoms with van der Waals surface area (Å²) in [5.41, 5.74) is 8.06. The van der Waals surface area contributed by atoms with E-state index in [1.54, 1.807) is 4.68 Å². The van der Waals surface area contributed by atoms with E-state index >= 15 is 0 Å². The molecule has 1 heterocycles. The van der Waals surface area contributed by atoms with Gasteiger partial charge in [0.2, 0.25) is 0 Å². The Hall–Kier alpha value is -1.52. The number of hydrogen-bond donors (Lipinski definition) is 1. The summed E-state index contributed by atoms with van der Waals surface area (Å²) in [5, 5.41) is 4.35. The van der Waals surface area contributed by atoms with E-state index in [1.165, 1.54) is 12.8 Å². The molecule has 0 atom stereocenters. The highest BCUT2D eigenvalue weighted by atomic mass is 16.2. The molecule has 0 aliphatic heterocycles. The van der Waals surface area contributed by atoms with Crippen LogP contribution in [0.1, 0.15) is 48.8 Å². The first kappa shape index (κ1) is 12.5. The van der Waals surface area contributed by atoms with Crippen LogP contribution in [-0.2, 0) is 13.5 Å². The molecule has 0 radical (unpaired) electrons. The maximum absolute atomic E-state index is 12.7. The summed E-state index contributed by atoms with van der Waals surface area (Å²) in [6.45, 7) is 2.91. The number of rotatable bonds is 5. The van der Waals surface area contributed by atoms with Crippen LogP contribution in [0.15, 0.2) is 0 Å². The molecule has 0 unspecified atom stereocenters. The van der Waals surface area contributed by atoms with Crippen molar-refractivity contribution in [2.75, 3.05) is 12.3 Å². The fourth-order valence-corrected chi connectivity index (χ4v) is 2.61. The lowest BCUT2D eigenvalue weighted by molar-refractivity contribution is 0.0724. The predicted molar refractivity (Wildman–Crippen MR) is 73.8 cm³/mol. The van der Waals surface area contributed by atoms with Crippen molar-refractivity contribution in [1.82, 2.24) is 14.7 Å². The Labute approximate surface area is 113 Å². The van der Waals surface area contributed by atoms with Crippen LogP contribution in [-0.4, -0.2) is 33.2 Å². The second-order valence-electron chi connectivity index (χ2n) is 5.82. The average molecular weight is 262 g/mol. The molecule has 0 saturated heterocycles. The number of aromatic nitrogens is 2. The van der Waals surface area contributed by atoms with Gasteiger partial charge in [-0.05, 0) is 38.0 Å². The number of carbonyl (C=O) groups excluding carboxylic acids is 1. The van der Waals surface area contributed by atoms with Gasteiger partial charge in [-0.2, -0.15) is 5.10 Å². The summed E-state index contributed by atoms with van der Waals surface area (Å²) in [5.74, 6) is 0.784. The van der Waals surface area contributed by atoms with E-state index in [0.29, 0.717) is 23.3 Å². The number of hydrogen-bond acceptors (Lipinski definition) is 3. The van der Waals surface area contributed by atoms with Gasteiger partial charge < -0.3 is 10.6 Å². The van der Waals surface area contributed by atoms with Crippen molar-refractivity contribution in [3.8, 4) is 0 Å². The van der Waals surface area contributed by atoms with E-state index < -0.39 is 0 Å². The van der Waals surface area contributed by atoms with E-state index in [2.05, 4.69) is 5.10 Å². The third kappa shape index (κ3) is 2.33. The van der Waals surface area contributed by atoms with E-state index in [1.807, 2.05) is 18.9 Å². The first-order valence-corrected chi connectivity index (χ1v) is 7.24. The number of aryl methyl sites for hydroxylation is 2. The number of carbonyl (C=O) groups is 1. The van der Waals surface area contributed by atoms with Crippen molar-refractivity contribution >= 4 is 11.6 Å². The van der Waals surface area contributed by atoms with Crippen LogP contribution < -0.4 is 5.73 Å². The summed E-state index contributed by atoms with van der Waals surface area (Å²) in [7, 11) is 1.81. The number of amides is 1. The van der Waals surface area contributed by atoms with Crippen molar-refractivity contribution in [2.45, 2.75) is 45.1 Å². The highest BCUT2D eigenvalue weighted by Crippen LogP contribution is 2.36. The highest BCUT2D eigenvalue weighted by Gasteiger charge is 2.38. The lowest BCUT2D eigenvalue weighted by atomic mass is 10.2. The van der Waals surface area contributed by atoms with Crippen molar-refractivity contribution < 1.29 is 4.79 Å². The van der Waals surface area contributed by atoms with Gasteiger partial charge in [0.25, 0.3) is 5.91 Å². The molecule has 2 N–H and O–H groups in total. The minimum atomic E-state index is 0.0709. The molecule has 5 heteroatoms. The van der Waals surface area contributed by atoms with Gasteiger partial charge in [0.15, 0.2) is 0 Å². The molecule has 5 nitrogen and oxygen atoms in total. The Morgan fingerprint density at radius 2 is 2.11 bits per heavy atom. The predicted octanol–water partition coefficient (Wildman–Crippen LogP) is 1.58. The number of anilines is 1. The second-order valence-corrected chi connectivity index (χ2v) is 5.82. The molecular formula is C14H22N4O. The van der Waals surface area contributed by atoms with Gasteiger partial charge in [-0.1, -0.05) is 6.92 Å². The first-order valence-electron chi connectivity index (χ1n) is 7.24. The van der Waals surface area contributed by atoms with Crippen LogP contribution in [0.25, 0.3) is 0 Å². The molecule has 1 amide bonds. The molecule has 1 aromatic heterocycles. The Balaban J connectivity index is 1.86. The largest absolute Gasteiger partial charge is 0.395 e. The van der Waals surface area contributed by atoms with Gasteiger partial charge in [-0.15, -0.1) is 0 Å². The maximum Gasteiger partial charge on any atom is 0.274 e. The van der Waals surface area contributed by atoms with E-state index in [-0.39, 0.29) is 5.91 Å². The van der Waals surface area contributed by atoms with E-state index in [0.717, 1.165) is 31.5 Å². The van der Waals surface area contributed by atoms with Crippen LogP contribution in [0.5, 0.6) is 0 Å². The Morgan fingerprint density at radius 3 is 2.58 bits per heavy atom. The fourth-order valence-electron chi connectivity index (χ4n) is 2.61. The lowest BCUT2D eigenvalue weighted by Crippen LogP contribution is -2.36. The molecule has 104 valence electrons. The zero-order valence-electron chi connectivity index (χ0n) is 11.7. The Bertz CT molecular complexity index is 500. The minimum absolute atomic E-state index is 0.0709. The molecule has 0 aromatic carbocycles. The summed E-state index contributed by atoms with van der Waals surface area (Å²) in [4.78, 5) is 14.8. The zero-order chi connectivity index (χ0) is 13.6. The third-order valence-corrected chi connectivity index (χ3v) is 4.10. The van der Waals surface area contributed by atoms with Crippen molar-refractivity contribution in [2.24, 2.45) is 13.0 Å². The number of nitrogens with zero attached hydrogens (tertiary/aromatic N) is 3. The number of nitrogen functional groups attached to an aromatic ring is 1. The second kappa shape index (κ2) is 4.54. The summed E-state index contributed by atoms with van der Waals surface area (Å²) in [6, 6.07) is 0.437. The van der Waals surface area contributed by atoms with Crippen molar-refractivity contribution in [3.05, 3.63) is 11.4 Å². The summed E-state index contributed by atoms with van der Waals surface area (Å²) < 4.78 is 1.65. The quantitative estimate of drug-likeness (QED) is 0.876. The Kier molecular flexibility index (Phi) is 2.99. The molecule has 2 fully saturated rings. The van der Waals surface area contributed by atoms with Gasteiger partial charge in [-0.3, -0.25) is 9.48 Å². The van der Waals surface area contributed by atoms with Crippen LogP contribution in [0.3, 0.4) is 0 Å². The molecule has 3 rings (SSSR count). The van der Waals surface area contributed by atoms with Gasteiger partial charge in [0.1, 0.15) is 5.69 Å². The van der Waals surface area contributed by atoms with Crippen molar-refractivity contribution in [3.63, 3.8) is 0 Å². The van der Waals surface area contributed by atoms with Crippen LogP contribution >= 0.6 is 0 Å². The molecule has 0 bridgehead atoms. The molecule has 2 saturated carbocycles. The first-order chi connectivity index (χ1) is 9.11. The molecule has 2 aliphatic rings. The molecule has 19 heavy (non-hydrogen) atoms. The highest BCUT2D eigenvalue weighted by molar-refractivity contribution is 5.98. The number of nitrogens with two attached hydrogens (primary N) is 1. The van der Waals surface area contributed by atoms with Crippen LogP contribution in [0.4, 0.5) is 5.69 Å². The Morgan fingerprint density at radius 1 is 1.42 bits per heavy atom. The van der Waals surface area contributed by atoms with Crippen molar-refractivity contribution in [1.29, 1.82) is 0 Å². The zero-order valence-corrected chi connectivity index (χ0v) is 11.7. The fraction of sp³-hybridized carbons (Fsp3) is 0.714. The topological polar surface area (TPSA) is 64.2 Å². The SMILES string of the molecule is CCc1nn(C)c(C(=O)N(CC2CC2)C2CC2)c1N.